The normalized spacial score (nSPS) is 19.5. The van der Waals surface area contributed by atoms with E-state index in [4.69, 9.17) is 4.74 Å². The Hall–Kier alpha value is -2.15. The first-order valence-corrected chi connectivity index (χ1v) is 9.08. The van der Waals surface area contributed by atoms with Crippen molar-refractivity contribution in [1.29, 1.82) is 0 Å². The predicted octanol–water partition coefficient (Wildman–Crippen LogP) is 2.40. The molecular weight excluding hydrogens is 339 g/mol. The largest absolute Gasteiger partial charge is 0.445 e. The number of nitrogens with zero attached hydrogens (tertiary/aromatic N) is 1. The van der Waals surface area contributed by atoms with Gasteiger partial charge in [-0.1, -0.05) is 37.3 Å². The lowest BCUT2D eigenvalue weighted by atomic mass is 10.0. The number of carbonyl (C=O) groups excluding carboxylic acids is 2. The molecule has 1 aliphatic rings. The molecule has 3 atom stereocenters. The molecule has 1 aromatic rings. The molecule has 2 amide bonds. The van der Waals surface area contributed by atoms with Crippen molar-refractivity contribution in [2.75, 3.05) is 13.2 Å². The summed E-state index contributed by atoms with van der Waals surface area (Å²) >= 11 is 0. The Balaban J connectivity index is 1.97. The Labute approximate surface area is 153 Å². The predicted molar refractivity (Wildman–Crippen MR) is 95.2 cm³/mol. The first-order valence-electron chi connectivity index (χ1n) is 9.08. The summed E-state index contributed by atoms with van der Waals surface area (Å²) in [5.41, 5.74) is 0.871. The molecule has 0 bridgehead atoms. The first kappa shape index (κ1) is 20.2. The molecule has 0 radical (unpaired) electrons. The van der Waals surface area contributed by atoms with Gasteiger partial charge < -0.3 is 15.2 Å². The second kappa shape index (κ2) is 10.1. The summed E-state index contributed by atoms with van der Waals surface area (Å²) in [6, 6.07) is 8.00. The zero-order chi connectivity index (χ0) is 18.9. The second-order valence-corrected chi connectivity index (χ2v) is 6.49. The molecule has 6 nitrogen and oxygen atoms in total. The van der Waals surface area contributed by atoms with Crippen LogP contribution >= 0.6 is 0 Å². The maximum Gasteiger partial charge on any atom is 0.410 e. The fourth-order valence-corrected chi connectivity index (χ4v) is 3.08. The van der Waals surface area contributed by atoms with Crippen molar-refractivity contribution in [3.63, 3.8) is 0 Å². The van der Waals surface area contributed by atoms with E-state index in [1.165, 1.54) is 4.90 Å². The molecule has 0 saturated carbocycles. The van der Waals surface area contributed by atoms with E-state index in [1.807, 2.05) is 30.3 Å². The Bertz CT molecular complexity index is 584. The van der Waals surface area contributed by atoms with Gasteiger partial charge in [0.15, 0.2) is 0 Å². The van der Waals surface area contributed by atoms with E-state index in [1.54, 1.807) is 6.92 Å². The maximum absolute atomic E-state index is 12.7. The van der Waals surface area contributed by atoms with E-state index in [-0.39, 0.29) is 12.5 Å². The molecule has 1 saturated heterocycles. The smallest absolute Gasteiger partial charge is 0.410 e. The highest BCUT2D eigenvalue weighted by atomic mass is 19.1. The number of alkyl halides is 1. The number of piperidine rings is 1. The van der Waals surface area contributed by atoms with Gasteiger partial charge in [-0.2, -0.15) is 0 Å². The van der Waals surface area contributed by atoms with Gasteiger partial charge in [0.25, 0.3) is 0 Å². The SMILES string of the molecule is CCC(NC(=O)[C@@H]1CCCCN1C(=O)OCc1ccccc1)C(O)CF. The number of hydrogen-bond acceptors (Lipinski definition) is 4. The summed E-state index contributed by atoms with van der Waals surface area (Å²) in [6.07, 6.45) is 0.771. The zero-order valence-electron chi connectivity index (χ0n) is 15.1. The van der Waals surface area contributed by atoms with E-state index < -0.39 is 31.0 Å². The number of benzene rings is 1. The lowest BCUT2D eigenvalue weighted by Gasteiger charge is -2.35. The standard InChI is InChI=1S/C19H27FN2O4/c1-2-15(17(23)12-20)21-18(24)16-10-6-7-11-22(16)19(25)26-13-14-8-4-3-5-9-14/h3-5,8-9,15-17,23H,2,6-7,10-13H2,1H3,(H,21,24)/t15?,16-,17?/m0/s1. The molecule has 0 aromatic heterocycles. The number of aliphatic hydroxyl groups is 1. The molecule has 1 fully saturated rings. The van der Waals surface area contributed by atoms with Gasteiger partial charge in [0, 0.05) is 6.54 Å². The van der Waals surface area contributed by atoms with E-state index >= 15 is 0 Å². The Morgan fingerprint density at radius 3 is 2.73 bits per heavy atom. The molecule has 7 heteroatoms. The highest BCUT2D eigenvalue weighted by Gasteiger charge is 2.34. The summed E-state index contributed by atoms with van der Waals surface area (Å²) in [5, 5.41) is 12.3. The fourth-order valence-electron chi connectivity index (χ4n) is 3.08. The Morgan fingerprint density at radius 1 is 1.35 bits per heavy atom. The minimum Gasteiger partial charge on any atom is -0.445 e. The van der Waals surface area contributed by atoms with Crippen molar-refractivity contribution in [2.24, 2.45) is 0 Å². The van der Waals surface area contributed by atoms with Crippen LogP contribution in [0, 0.1) is 0 Å². The van der Waals surface area contributed by atoms with Crippen LogP contribution in [0.2, 0.25) is 0 Å². The molecule has 0 aliphatic carbocycles. The van der Waals surface area contributed by atoms with Gasteiger partial charge >= 0.3 is 6.09 Å². The van der Waals surface area contributed by atoms with Crippen LogP contribution in [-0.4, -0.2) is 53.4 Å². The van der Waals surface area contributed by atoms with Crippen LogP contribution in [0.1, 0.15) is 38.2 Å². The topological polar surface area (TPSA) is 78.9 Å². The lowest BCUT2D eigenvalue weighted by molar-refractivity contribution is -0.128. The van der Waals surface area contributed by atoms with Gasteiger partial charge in [0.05, 0.1) is 6.04 Å². The van der Waals surface area contributed by atoms with Gasteiger partial charge in [-0.05, 0) is 31.2 Å². The Morgan fingerprint density at radius 2 is 2.08 bits per heavy atom. The van der Waals surface area contributed by atoms with E-state index in [9.17, 15) is 19.1 Å². The van der Waals surface area contributed by atoms with Gasteiger partial charge in [-0.3, -0.25) is 9.69 Å². The zero-order valence-corrected chi connectivity index (χ0v) is 15.1. The minimum absolute atomic E-state index is 0.142. The molecule has 0 spiro atoms. The number of likely N-dealkylation sites (tertiary alicyclic amines) is 1. The first-order chi connectivity index (χ1) is 12.6. The third kappa shape index (κ3) is 5.42. The summed E-state index contributed by atoms with van der Waals surface area (Å²) in [6.45, 7) is 1.42. The van der Waals surface area contributed by atoms with Crippen molar-refractivity contribution >= 4 is 12.0 Å². The van der Waals surface area contributed by atoms with Crippen LogP contribution in [0.5, 0.6) is 0 Å². The number of ether oxygens (including phenoxy) is 1. The number of halogens is 1. The second-order valence-electron chi connectivity index (χ2n) is 6.49. The van der Waals surface area contributed by atoms with Gasteiger partial charge in [0.2, 0.25) is 5.91 Å². The third-order valence-corrected chi connectivity index (χ3v) is 4.64. The van der Waals surface area contributed by atoms with E-state index in [0.29, 0.717) is 19.4 Å². The highest BCUT2D eigenvalue weighted by Crippen LogP contribution is 2.19. The van der Waals surface area contributed by atoms with Gasteiger partial charge in [-0.15, -0.1) is 0 Å². The summed E-state index contributed by atoms with van der Waals surface area (Å²) in [7, 11) is 0. The van der Waals surface area contributed by atoms with Crippen LogP contribution in [0.15, 0.2) is 30.3 Å². The maximum atomic E-state index is 12.7. The summed E-state index contributed by atoms with van der Waals surface area (Å²) < 4.78 is 18.0. The van der Waals surface area contributed by atoms with Crippen LogP contribution < -0.4 is 5.32 Å². The lowest BCUT2D eigenvalue weighted by Crippen LogP contribution is -2.55. The molecular formula is C19H27FN2O4. The molecule has 1 heterocycles. The average molecular weight is 366 g/mol. The van der Waals surface area contributed by atoms with Crippen LogP contribution in [0.3, 0.4) is 0 Å². The van der Waals surface area contributed by atoms with Crippen molar-refractivity contribution in [3.05, 3.63) is 35.9 Å². The molecule has 26 heavy (non-hydrogen) atoms. The summed E-state index contributed by atoms with van der Waals surface area (Å²) in [4.78, 5) is 26.5. The van der Waals surface area contributed by atoms with E-state index in [2.05, 4.69) is 5.32 Å². The average Bonchev–Trinajstić information content (AvgIpc) is 2.70. The monoisotopic (exact) mass is 366 g/mol. The summed E-state index contributed by atoms with van der Waals surface area (Å²) in [5.74, 6) is -0.374. The van der Waals surface area contributed by atoms with Gasteiger partial charge in [-0.25, -0.2) is 9.18 Å². The molecule has 144 valence electrons. The van der Waals surface area contributed by atoms with Crippen LogP contribution in [0.25, 0.3) is 0 Å². The van der Waals surface area contributed by atoms with Gasteiger partial charge in [0.1, 0.15) is 25.4 Å². The number of hydrogen-bond donors (Lipinski definition) is 2. The Kier molecular flexibility index (Phi) is 7.84. The third-order valence-electron chi connectivity index (χ3n) is 4.64. The number of aliphatic hydroxyl groups excluding tert-OH is 1. The quantitative estimate of drug-likeness (QED) is 0.777. The number of amides is 2. The molecule has 2 rings (SSSR count). The van der Waals surface area contributed by atoms with E-state index in [0.717, 1.165) is 18.4 Å². The van der Waals surface area contributed by atoms with Crippen molar-refractivity contribution in [1.82, 2.24) is 10.2 Å². The molecule has 2 unspecified atom stereocenters. The molecule has 1 aromatic carbocycles. The number of rotatable bonds is 7. The molecule has 2 N–H and O–H groups in total. The fraction of sp³-hybridized carbons (Fsp3) is 0.579. The number of nitrogens with one attached hydrogen (secondary N) is 1. The number of carbonyl (C=O) groups is 2. The van der Waals surface area contributed by atoms with Crippen LogP contribution in [-0.2, 0) is 16.1 Å². The minimum atomic E-state index is -1.24. The molecule has 1 aliphatic heterocycles. The van der Waals surface area contributed by atoms with Crippen LogP contribution in [0.4, 0.5) is 9.18 Å². The highest BCUT2D eigenvalue weighted by molar-refractivity contribution is 5.86. The van der Waals surface area contributed by atoms with Crippen molar-refractivity contribution in [2.45, 2.75) is 57.4 Å². The van der Waals surface area contributed by atoms with Crippen molar-refractivity contribution < 1.29 is 23.8 Å². The van der Waals surface area contributed by atoms with Crippen molar-refractivity contribution in [3.8, 4) is 0 Å².